The molecule has 1 aliphatic rings. The first-order valence-electron chi connectivity index (χ1n) is 7.89. The van der Waals surface area contributed by atoms with E-state index in [0.717, 1.165) is 49.0 Å². The Balaban J connectivity index is 1.90. The minimum Gasteiger partial charge on any atom is -0.497 e. The molecule has 0 radical (unpaired) electrons. The lowest BCUT2D eigenvalue weighted by Gasteiger charge is -2.24. The number of nitrogens with zero attached hydrogens (tertiary/aromatic N) is 1. The summed E-state index contributed by atoms with van der Waals surface area (Å²) in [6.07, 6.45) is 2.19. The fourth-order valence-electron chi connectivity index (χ4n) is 2.64. The highest BCUT2D eigenvalue weighted by molar-refractivity contribution is 5.79. The van der Waals surface area contributed by atoms with Gasteiger partial charge in [-0.2, -0.15) is 0 Å². The molecule has 0 bridgehead atoms. The van der Waals surface area contributed by atoms with Crippen LogP contribution in [0.1, 0.15) is 25.3 Å². The van der Waals surface area contributed by atoms with Crippen LogP contribution in [0, 0.1) is 0 Å². The van der Waals surface area contributed by atoms with Gasteiger partial charge < -0.3 is 24.8 Å². The summed E-state index contributed by atoms with van der Waals surface area (Å²) in [6, 6.07) is 5.78. The van der Waals surface area contributed by atoms with Crippen LogP contribution in [0.2, 0.25) is 0 Å². The van der Waals surface area contributed by atoms with Gasteiger partial charge in [-0.25, -0.2) is 0 Å². The van der Waals surface area contributed by atoms with Crippen molar-refractivity contribution < 1.29 is 14.2 Å². The Hall–Kier alpha value is -1.95. The van der Waals surface area contributed by atoms with Crippen molar-refractivity contribution in [2.45, 2.75) is 31.9 Å². The van der Waals surface area contributed by atoms with Crippen LogP contribution in [0.15, 0.2) is 23.2 Å². The van der Waals surface area contributed by atoms with Gasteiger partial charge in [-0.3, -0.25) is 4.99 Å². The van der Waals surface area contributed by atoms with Crippen LogP contribution in [0.5, 0.6) is 11.5 Å². The number of nitrogens with one attached hydrogen (secondary N) is 2. The van der Waals surface area contributed by atoms with Crippen LogP contribution in [0.25, 0.3) is 0 Å². The van der Waals surface area contributed by atoms with Gasteiger partial charge in [0, 0.05) is 38.4 Å². The summed E-state index contributed by atoms with van der Waals surface area (Å²) in [5.74, 6) is 2.32. The predicted molar refractivity (Wildman–Crippen MR) is 91.3 cm³/mol. The number of guanidine groups is 1. The molecule has 1 aromatic rings. The zero-order valence-electron chi connectivity index (χ0n) is 14.4. The third kappa shape index (κ3) is 4.76. The lowest BCUT2D eigenvalue weighted by Crippen LogP contribution is -2.45. The smallest absolute Gasteiger partial charge is 0.191 e. The number of hydrogen-bond donors (Lipinski definition) is 2. The normalized spacial score (nSPS) is 21.1. The van der Waals surface area contributed by atoms with Crippen LogP contribution in [-0.2, 0) is 11.3 Å². The summed E-state index contributed by atoms with van der Waals surface area (Å²) in [4.78, 5) is 4.26. The van der Waals surface area contributed by atoms with Gasteiger partial charge in [-0.1, -0.05) is 0 Å². The topological polar surface area (TPSA) is 64.1 Å². The average molecular weight is 321 g/mol. The van der Waals surface area contributed by atoms with E-state index < -0.39 is 0 Å². The van der Waals surface area contributed by atoms with Gasteiger partial charge in [0.05, 0.1) is 19.8 Å². The Labute approximate surface area is 138 Å². The zero-order valence-corrected chi connectivity index (χ0v) is 14.4. The number of rotatable bonds is 6. The van der Waals surface area contributed by atoms with Crippen molar-refractivity contribution in [3.63, 3.8) is 0 Å². The summed E-state index contributed by atoms with van der Waals surface area (Å²) >= 11 is 0. The lowest BCUT2D eigenvalue weighted by atomic mass is 10.0. The first-order chi connectivity index (χ1) is 11.1. The van der Waals surface area contributed by atoms with Gasteiger partial charge in [-0.05, 0) is 31.9 Å². The Morgan fingerprint density at radius 1 is 1.30 bits per heavy atom. The summed E-state index contributed by atoms with van der Waals surface area (Å²) in [5.41, 5.74) is 0.940. The van der Waals surface area contributed by atoms with Gasteiger partial charge in [0.25, 0.3) is 0 Å². The molecule has 0 aliphatic carbocycles. The monoisotopic (exact) mass is 321 g/mol. The fraction of sp³-hybridized carbons (Fsp3) is 0.588. The maximum Gasteiger partial charge on any atom is 0.191 e. The summed E-state index contributed by atoms with van der Waals surface area (Å²) < 4.78 is 16.4. The molecule has 6 nitrogen and oxygen atoms in total. The van der Waals surface area contributed by atoms with Crippen LogP contribution in [-0.4, -0.2) is 46.0 Å². The van der Waals surface area contributed by atoms with E-state index in [1.165, 1.54) is 0 Å². The van der Waals surface area contributed by atoms with Crippen LogP contribution < -0.4 is 20.1 Å². The summed E-state index contributed by atoms with van der Waals surface area (Å²) in [5, 5.41) is 6.63. The highest BCUT2D eigenvalue weighted by atomic mass is 16.5. The molecule has 1 aromatic carbocycles. The molecule has 1 saturated heterocycles. The molecule has 23 heavy (non-hydrogen) atoms. The van der Waals surface area contributed by atoms with Crippen LogP contribution in [0.4, 0.5) is 0 Å². The number of methoxy groups -OCH3 is 2. The standard InChI is InChI=1S/C17H27N3O3/c1-17(8-5-9-23-17)12-20-16(18-2)19-11-13-6-7-14(21-3)10-15(13)22-4/h6-7,10H,5,8-9,11-12H2,1-4H3,(H2,18,19,20). The second-order valence-corrected chi connectivity index (χ2v) is 5.86. The molecular weight excluding hydrogens is 294 g/mol. The summed E-state index contributed by atoms with van der Waals surface area (Å²) in [6.45, 7) is 4.33. The van der Waals surface area contributed by atoms with E-state index in [0.29, 0.717) is 6.54 Å². The van der Waals surface area contributed by atoms with Gasteiger partial charge in [0.2, 0.25) is 0 Å². The van der Waals surface area contributed by atoms with E-state index in [4.69, 9.17) is 14.2 Å². The molecule has 1 unspecified atom stereocenters. The van der Waals surface area contributed by atoms with Gasteiger partial charge in [0.15, 0.2) is 5.96 Å². The highest BCUT2D eigenvalue weighted by Crippen LogP contribution is 2.25. The number of benzene rings is 1. The van der Waals surface area contributed by atoms with E-state index in [9.17, 15) is 0 Å². The summed E-state index contributed by atoms with van der Waals surface area (Å²) in [7, 11) is 5.06. The van der Waals surface area contributed by atoms with Crippen molar-refractivity contribution in [1.29, 1.82) is 0 Å². The van der Waals surface area contributed by atoms with Gasteiger partial charge in [-0.15, -0.1) is 0 Å². The van der Waals surface area contributed by atoms with Crippen LogP contribution in [0.3, 0.4) is 0 Å². The van der Waals surface area contributed by atoms with Gasteiger partial charge in [0.1, 0.15) is 11.5 Å². The first kappa shape index (κ1) is 17.4. The molecule has 1 heterocycles. The molecule has 6 heteroatoms. The second-order valence-electron chi connectivity index (χ2n) is 5.86. The Morgan fingerprint density at radius 2 is 2.13 bits per heavy atom. The SMILES string of the molecule is CN=C(NCc1ccc(OC)cc1OC)NCC1(C)CCCO1. The molecule has 0 amide bonds. The minimum absolute atomic E-state index is 0.102. The first-order valence-corrected chi connectivity index (χ1v) is 7.89. The average Bonchev–Trinajstić information content (AvgIpc) is 3.01. The van der Waals surface area contributed by atoms with E-state index in [1.54, 1.807) is 21.3 Å². The van der Waals surface area contributed by atoms with E-state index >= 15 is 0 Å². The molecular formula is C17H27N3O3. The molecule has 1 fully saturated rings. The van der Waals surface area contributed by atoms with Crippen molar-refractivity contribution in [3.8, 4) is 11.5 Å². The molecule has 128 valence electrons. The third-order valence-corrected chi connectivity index (χ3v) is 4.09. The van der Waals surface area contributed by atoms with Crippen molar-refractivity contribution in [3.05, 3.63) is 23.8 Å². The van der Waals surface area contributed by atoms with E-state index in [-0.39, 0.29) is 5.60 Å². The second kappa shape index (κ2) is 8.06. The molecule has 2 N–H and O–H groups in total. The minimum atomic E-state index is -0.102. The number of aliphatic imine (C=N–C) groups is 1. The molecule has 0 spiro atoms. The van der Waals surface area contributed by atoms with Crippen molar-refractivity contribution in [1.82, 2.24) is 10.6 Å². The van der Waals surface area contributed by atoms with Crippen molar-refractivity contribution >= 4 is 5.96 Å². The Kier molecular flexibility index (Phi) is 6.10. The Bertz CT molecular complexity index is 540. The number of ether oxygens (including phenoxy) is 3. The van der Waals surface area contributed by atoms with Crippen molar-refractivity contribution in [2.75, 3.05) is 34.4 Å². The fourth-order valence-corrected chi connectivity index (χ4v) is 2.64. The highest BCUT2D eigenvalue weighted by Gasteiger charge is 2.29. The quantitative estimate of drug-likeness (QED) is 0.619. The van der Waals surface area contributed by atoms with Gasteiger partial charge >= 0.3 is 0 Å². The molecule has 2 rings (SSSR count). The maximum absolute atomic E-state index is 5.78. The molecule has 1 aliphatic heterocycles. The Morgan fingerprint density at radius 3 is 2.74 bits per heavy atom. The predicted octanol–water partition coefficient (Wildman–Crippen LogP) is 1.94. The lowest BCUT2D eigenvalue weighted by molar-refractivity contribution is 0.0243. The molecule has 1 atom stereocenters. The van der Waals surface area contributed by atoms with E-state index in [1.807, 2.05) is 18.2 Å². The van der Waals surface area contributed by atoms with E-state index in [2.05, 4.69) is 22.5 Å². The maximum atomic E-state index is 5.78. The van der Waals surface area contributed by atoms with Crippen LogP contribution >= 0.6 is 0 Å². The largest absolute Gasteiger partial charge is 0.497 e. The van der Waals surface area contributed by atoms with Crippen molar-refractivity contribution in [2.24, 2.45) is 4.99 Å². The molecule has 0 aromatic heterocycles. The third-order valence-electron chi connectivity index (χ3n) is 4.09. The number of hydrogen-bond acceptors (Lipinski definition) is 4. The molecule has 0 saturated carbocycles. The zero-order chi connectivity index (χ0) is 16.7.